The summed E-state index contributed by atoms with van der Waals surface area (Å²) < 4.78 is 26.1. The molecular formula is C11H13Cl2NO3S. The summed E-state index contributed by atoms with van der Waals surface area (Å²) in [5.74, 6) is 0. The monoisotopic (exact) mass is 309 g/mol. The van der Waals surface area contributed by atoms with Crippen LogP contribution in [0.25, 0.3) is 0 Å². The number of sulfonamides is 1. The van der Waals surface area contributed by atoms with E-state index in [1.165, 1.54) is 16.4 Å². The van der Waals surface area contributed by atoms with E-state index in [9.17, 15) is 8.42 Å². The highest BCUT2D eigenvalue weighted by Gasteiger charge is 2.29. The highest BCUT2D eigenvalue weighted by atomic mass is 35.5. The molecule has 0 bridgehead atoms. The Morgan fingerprint density at radius 2 is 1.78 bits per heavy atom. The fourth-order valence-electron chi connectivity index (χ4n) is 1.96. The summed E-state index contributed by atoms with van der Waals surface area (Å²) in [6.45, 7) is 0.698. The molecule has 1 aliphatic rings. The summed E-state index contributed by atoms with van der Waals surface area (Å²) >= 11 is 11.8. The number of aliphatic hydroxyl groups excluding tert-OH is 1. The van der Waals surface area contributed by atoms with E-state index < -0.39 is 10.0 Å². The van der Waals surface area contributed by atoms with Crippen molar-refractivity contribution in [1.82, 2.24) is 4.31 Å². The van der Waals surface area contributed by atoms with Gasteiger partial charge in [0.05, 0.1) is 11.6 Å². The number of rotatable bonds is 3. The Hall–Kier alpha value is -0.330. The molecule has 0 aromatic heterocycles. The lowest BCUT2D eigenvalue weighted by Crippen LogP contribution is -2.28. The second-order valence-corrected chi connectivity index (χ2v) is 6.86. The molecule has 1 aromatic carbocycles. The predicted molar refractivity (Wildman–Crippen MR) is 70.4 cm³/mol. The number of aliphatic hydroxyl groups is 1. The van der Waals surface area contributed by atoms with Crippen molar-refractivity contribution in [3.05, 3.63) is 27.7 Å². The van der Waals surface area contributed by atoms with E-state index in [0.717, 1.165) is 12.8 Å². The summed E-state index contributed by atoms with van der Waals surface area (Å²) in [4.78, 5) is 0.0134. The molecule has 1 N–H and O–H groups in total. The molecule has 0 aliphatic carbocycles. The molecule has 1 heterocycles. The highest BCUT2D eigenvalue weighted by molar-refractivity contribution is 7.89. The summed E-state index contributed by atoms with van der Waals surface area (Å²) in [5.41, 5.74) is 0.360. The van der Waals surface area contributed by atoms with Gasteiger partial charge in [0.15, 0.2) is 0 Å². The van der Waals surface area contributed by atoms with Gasteiger partial charge in [-0.3, -0.25) is 0 Å². The van der Waals surface area contributed by atoms with Crippen LogP contribution in [-0.2, 0) is 16.6 Å². The van der Waals surface area contributed by atoms with Crippen LogP contribution in [0.4, 0.5) is 0 Å². The third-order valence-corrected chi connectivity index (χ3v) is 5.67. The number of hydrogen-bond donors (Lipinski definition) is 1. The van der Waals surface area contributed by atoms with E-state index in [0.29, 0.717) is 18.7 Å². The van der Waals surface area contributed by atoms with Crippen molar-refractivity contribution >= 4 is 33.2 Å². The van der Waals surface area contributed by atoms with Crippen LogP contribution >= 0.6 is 23.2 Å². The first-order valence-corrected chi connectivity index (χ1v) is 7.75. The normalized spacial score (nSPS) is 17.3. The van der Waals surface area contributed by atoms with E-state index >= 15 is 0 Å². The van der Waals surface area contributed by atoms with Crippen molar-refractivity contribution in [1.29, 1.82) is 0 Å². The predicted octanol–water partition coefficient (Wildman–Crippen LogP) is 2.27. The molecule has 1 fully saturated rings. The molecule has 1 saturated heterocycles. The largest absolute Gasteiger partial charge is 0.392 e. The SMILES string of the molecule is O=S(=O)(c1cc(CO)c(Cl)cc1Cl)N1CCCC1. The van der Waals surface area contributed by atoms with E-state index in [2.05, 4.69) is 0 Å². The number of halogens is 2. The Labute approximate surface area is 116 Å². The molecule has 2 rings (SSSR count). The molecule has 0 saturated carbocycles. The summed E-state index contributed by atoms with van der Waals surface area (Å²) in [6, 6.07) is 2.70. The minimum absolute atomic E-state index is 0.0134. The molecule has 0 unspecified atom stereocenters. The number of hydrogen-bond acceptors (Lipinski definition) is 3. The van der Waals surface area contributed by atoms with Crippen LogP contribution in [-0.4, -0.2) is 30.9 Å². The third kappa shape index (κ3) is 2.51. The third-order valence-electron chi connectivity index (χ3n) is 2.95. The number of benzene rings is 1. The summed E-state index contributed by atoms with van der Waals surface area (Å²) in [6.07, 6.45) is 1.72. The van der Waals surface area contributed by atoms with E-state index in [1.807, 2.05) is 0 Å². The molecular weight excluding hydrogens is 297 g/mol. The van der Waals surface area contributed by atoms with Gasteiger partial charge >= 0.3 is 0 Å². The summed E-state index contributed by atoms with van der Waals surface area (Å²) in [7, 11) is -3.59. The number of nitrogens with zero attached hydrogens (tertiary/aromatic N) is 1. The van der Waals surface area contributed by atoms with Gasteiger partial charge in [0.2, 0.25) is 10.0 Å². The van der Waals surface area contributed by atoms with Crippen LogP contribution in [0.5, 0.6) is 0 Å². The van der Waals surface area contributed by atoms with Crippen LogP contribution in [0.1, 0.15) is 18.4 Å². The molecule has 4 nitrogen and oxygen atoms in total. The molecule has 1 aromatic rings. The highest BCUT2D eigenvalue weighted by Crippen LogP contribution is 2.31. The van der Waals surface area contributed by atoms with Crippen molar-refractivity contribution in [2.45, 2.75) is 24.3 Å². The molecule has 0 spiro atoms. The van der Waals surface area contributed by atoms with Crippen molar-refractivity contribution in [2.75, 3.05) is 13.1 Å². The first kappa shape index (κ1) is 14.1. The smallest absolute Gasteiger partial charge is 0.244 e. The van der Waals surface area contributed by atoms with Crippen molar-refractivity contribution in [2.24, 2.45) is 0 Å². The molecule has 0 radical (unpaired) electrons. The minimum Gasteiger partial charge on any atom is -0.392 e. The topological polar surface area (TPSA) is 57.6 Å². The Balaban J connectivity index is 2.49. The van der Waals surface area contributed by atoms with Gasteiger partial charge in [0.1, 0.15) is 4.90 Å². The molecule has 0 amide bonds. The van der Waals surface area contributed by atoms with Crippen LogP contribution in [0.3, 0.4) is 0 Å². The maximum absolute atomic E-state index is 12.4. The van der Waals surface area contributed by atoms with Crippen LogP contribution in [0, 0.1) is 0 Å². The van der Waals surface area contributed by atoms with Gasteiger partial charge in [0, 0.05) is 18.1 Å². The lowest BCUT2D eigenvalue weighted by molar-refractivity contribution is 0.281. The molecule has 0 atom stereocenters. The molecule has 100 valence electrons. The van der Waals surface area contributed by atoms with Gasteiger partial charge in [-0.05, 0) is 30.5 Å². The van der Waals surface area contributed by atoms with Gasteiger partial charge in [-0.25, -0.2) is 8.42 Å². The lowest BCUT2D eigenvalue weighted by atomic mass is 10.2. The maximum Gasteiger partial charge on any atom is 0.244 e. The first-order valence-electron chi connectivity index (χ1n) is 5.55. The zero-order valence-electron chi connectivity index (χ0n) is 9.57. The maximum atomic E-state index is 12.4. The Bertz CT molecular complexity index is 554. The molecule has 7 heteroatoms. The standard InChI is InChI=1S/C11H13Cl2NO3S/c12-9-6-10(13)11(5-8(9)7-15)18(16,17)14-3-1-2-4-14/h5-6,15H,1-4,7H2. The van der Waals surface area contributed by atoms with Crippen LogP contribution in [0.15, 0.2) is 17.0 Å². The lowest BCUT2D eigenvalue weighted by Gasteiger charge is -2.17. The average molecular weight is 310 g/mol. The second kappa shape index (κ2) is 5.35. The van der Waals surface area contributed by atoms with Crippen molar-refractivity contribution in [3.8, 4) is 0 Å². The zero-order valence-corrected chi connectivity index (χ0v) is 11.9. The van der Waals surface area contributed by atoms with E-state index in [1.54, 1.807) is 0 Å². The zero-order chi connectivity index (χ0) is 13.3. The van der Waals surface area contributed by atoms with Gasteiger partial charge in [-0.1, -0.05) is 23.2 Å². The molecule has 1 aliphatic heterocycles. The van der Waals surface area contributed by atoms with Gasteiger partial charge in [-0.2, -0.15) is 4.31 Å². The van der Waals surface area contributed by atoms with E-state index in [4.69, 9.17) is 28.3 Å². The Morgan fingerprint density at radius 1 is 1.17 bits per heavy atom. The van der Waals surface area contributed by atoms with Gasteiger partial charge < -0.3 is 5.11 Å². The quantitative estimate of drug-likeness (QED) is 0.932. The summed E-state index contributed by atoms with van der Waals surface area (Å²) in [5, 5.41) is 9.48. The Morgan fingerprint density at radius 3 is 2.33 bits per heavy atom. The van der Waals surface area contributed by atoms with Gasteiger partial charge in [-0.15, -0.1) is 0 Å². The van der Waals surface area contributed by atoms with E-state index in [-0.39, 0.29) is 21.5 Å². The second-order valence-electron chi connectivity index (χ2n) is 4.14. The Kier molecular flexibility index (Phi) is 4.18. The van der Waals surface area contributed by atoms with Crippen molar-refractivity contribution in [3.63, 3.8) is 0 Å². The van der Waals surface area contributed by atoms with Gasteiger partial charge in [0.25, 0.3) is 0 Å². The van der Waals surface area contributed by atoms with Crippen LogP contribution < -0.4 is 0 Å². The minimum atomic E-state index is -3.59. The van der Waals surface area contributed by atoms with Crippen molar-refractivity contribution < 1.29 is 13.5 Å². The van der Waals surface area contributed by atoms with Crippen LogP contribution in [0.2, 0.25) is 10.0 Å². The first-order chi connectivity index (χ1) is 8.46. The molecule has 18 heavy (non-hydrogen) atoms. The fourth-order valence-corrected chi connectivity index (χ4v) is 4.31. The average Bonchev–Trinajstić information content (AvgIpc) is 2.82. The fraction of sp³-hybridized carbons (Fsp3) is 0.455.